The summed E-state index contributed by atoms with van der Waals surface area (Å²) in [6.07, 6.45) is 5.71. The highest BCUT2D eigenvalue weighted by atomic mass is 16.2. The lowest BCUT2D eigenvalue weighted by atomic mass is 10.1. The summed E-state index contributed by atoms with van der Waals surface area (Å²) < 4.78 is 0. The van der Waals surface area contributed by atoms with Gasteiger partial charge in [0.2, 0.25) is 0 Å². The number of piperidine rings is 1. The van der Waals surface area contributed by atoms with Crippen molar-refractivity contribution in [2.45, 2.75) is 51.1 Å². The van der Waals surface area contributed by atoms with Crippen LogP contribution in [0.5, 0.6) is 0 Å². The number of carbonyl (C=O) groups excluding carboxylic acids is 1. The second-order valence-corrected chi connectivity index (χ2v) is 4.94. The molecule has 2 N–H and O–H groups in total. The zero-order valence-electron chi connectivity index (χ0n) is 10.2. The molecule has 0 spiro atoms. The number of amides is 2. The SMILES string of the molecule is CCCNC1CCN(C(=O)NC2CC2)CC1. The van der Waals surface area contributed by atoms with E-state index in [1.807, 2.05) is 4.90 Å². The molecule has 1 saturated heterocycles. The van der Waals surface area contributed by atoms with Gasteiger partial charge in [-0.1, -0.05) is 6.92 Å². The van der Waals surface area contributed by atoms with Crippen molar-refractivity contribution in [3.05, 3.63) is 0 Å². The molecule has 2 amide bonds. The first-order valence-electron chi connectivity index (χ1n) is 6.58. The standard InChI is InChI=1S/C12H23N3O/c1-2-7-13-10-5-8-15(9-6-10)12(16)14-11-3-4-11/h10-11,13H,2-9H2,1H3,(H,14,16). The predicted octanol–water partition coefficient (Wildman–Crippen LogP) is 1.32. The highest BCUT2D eigenvalue weighted by Crippen LogP contribution is 2.19. The first-order chi connectivity index (χ1) is 7.79. The van der Waals surface area contributed by atoms with Crippen molar-refractivity contribution in [1.29, 1.82) is 0 Å². The zero-order chi connectivity index (χ0) is 11.4. The molecule has 0 aromatic rings. The molecule has 0 bridgehead atoms. The Bertz CT molecular complexity index is 232. The fourth-order valence-corrected chi connectivity index (χ4v) is 2.13. The van der Waals surface area contributed by atoms with Crippen molar-refractivity contribution in [2.24, 2.45) is 0 Å². The average molecular weight is 225 g/mol. The summed E-state index contributed by atoms with van der Waals surface area (Å²) in [6, 6.07) is 1.24. The number of likely N-dealkylation sites (tertiary alicyclic amines) is 1. The Morgan fingerprint density at radius 2 is 1.88 bits per heavy atom. The van der Waals surface area contributed by atoms with Gasteiger partial charge in [0.05, 0.1) is 0 Å². The minimum atomic E-state index is 0.149. The van der Waals surface area contributed by atoms with E-state index in [0.29, 0.717) is 12.1 Å². The van der Waals surface area contributed by atoms with Gasteiger partial charge >= 0.3 is 6.03 Å². The van der Waals surface area contributed by atoms with Crippen LogP contribution in [0.15, 0.2) is 0 Å². The Hall–Kier alpha value is -0.770. The largest absolute Gasteiger partial charge is 0.335 e. The Morgan fingerprint density at radius 1 is 1.19 bits per heavy atom. The second-order valence-electron chi connectivity index (χ2n) is 4.94. The van der Waals surface area contributed by atoms with E-state index in [2.05, 4.69) is 17.6 Å². The lowest BCUT2D eigenvalue weighted by Crippen LogP contribution is -2.48. The maximum atomic E-state index is 11.8. The molecule has 0 aromatic heterocycles. The van der Waals surface area contributed by atoms with Crippen LogP contribution in [-0.2, 0) is 0 Å². The normalized spacial score (nSPS) is 22.2. The summed E-state index contributed by atoms with van der Waals surface area (Å²) in [5.74, 6) is 0. The van der Waals surface area contributed by atoms with Gasteiger partial charge in [0.25, 0.3) is 0 Å². The van der Waals surface area contributed by atoms with Crippen molar-refractivity contribution in [3.8, 4) is 0 Å². The van der Waals surface area contributed by atoms with Gasteiger partial charge in [-0.05, 0) is 38.6 Å². The molecule has 2 aliphatic rings. The highest BCUT2D eigenvalue weighted by Gasteiger charge is 2.27. The molecule has 0 aromatic carbocycles. The van der Waals surface area contributed by atoms with Crippen molar-refractivity contribution in [3.63, 3.8) is 0 Å². The van der Waals surface area contributed by atoms with E-state index in [0.717, 1.165) is 32.5 Å². The van der Waals surface area contributed by atoms with E-state index in [1.165, 1.54) is 19.3 Å². The van der Waals surface area contributed by atoms with E-state index in [4.69, 9.17) is 0 Å². The summed E-state index contributed by atoms with van der Waals surface area (Å²) >= 11 is 0. The van der Waals surface area contributed by atoms with Crippen molar-refractivity contribution < 1.29 is 4.79 Å². The molecule has 16 heavy (non-hydrogen) atoms. The Morgan fingerprint density at radius 3 is 2.44 bits per heavy atom. The Kier molecular flexibility index (Phi) is 4.04. The molecule has 1 aliphatic heterocycles. The van der Waals surface area contributed by atoms with E-state index in [9.17, 15) is 4.79 Å². The number of hydrogen-bond donors (Lipinski definition) is 2. The maximum Gasteiger partial charge on any atom is 0.317 e. The lowest BCUT2D eigenvalue weighted by Gasteiger charge is -2.32. The molecule has 1 saturated carbocycles. The van der Waals surface area contributed by atoms with Crippen LogP contribution >= 0.6 is 0 Å². The monoisotopic (exact) mass is 225 g/mol. The second kappa shape index (κ2) is 5.53. The van der Waals surface area contributed by atoms with Crippen molar-refractivity contribution in [1.82, 2.24) is 15.5 Å². The fourth-order valence-electron chi connectivity index (χ4n) is 2.13. The molecule has 4 nitrogen and oxygen atoms in total. The summed E-state index contributed by atoms with van der Waals surface area (Å²) in [7, 11) is 0. The molecular formula is C12H23N3O. The van der Waals surface area contributed by atoms with Gasteiger partial charge in [-0.15, -0.1) is 0 Å². The van der Waals surface area contributed by atoms with Gasteiger partial charge in [0.15, 0.2) is 0 Å². The number of carbonyl (C=O) groups is 1. The minimum absolute atomic E-state index is 0.149. The highest BCUT2D eigenvalue weighted by molar-refractivity contribution is 5.74. The Labute approximate surface area is 97.8 Å². The number of nitrogens with one attached hydrogen (secondary N) is 2. The van der Waals surface area contributed by atoms with Crippen LogP contribution in [0, 0.1) is 0 Å². The molecule has 2 rings (SSSR count). The molecule has 0 atom stereocenters. The smallest absolute Gasteiger partial charge is 0.317 e. The fraction of sp³-hybridized carbons (Fsp3) is 0.917. The topological polar surface area (TPSA) is 44.4 Å². The number of urea groups is 1. The first-order valence-corrected chi connectivity index (χ1v) is 6.58. The van der Waals surface area contributed by atoms with E-state index in [-0.39, 0.29) is 6.03 Å². The molecule has 92 valence electrons. The van der Waals surface area contributed by atoms with Crippen LogP contribution in [0.3, 0.4) is 0 Å². The van der Waals surface area contributed by atoms with E-state index >= 15 is 0 Å². The van der Waals surface area contributed by atoms with Gasteiger partial charge in [-0.2, -0.15) is 0 Å². The average Bonchev–Trinajstić information content (AvgIpc) is 3.11. The van der Waals surface area contributed by atoms with Gasteiger partial charge in [0.1, 0.15) is 0 Å². The van der Waals surface area contributed by atoms with Gasteiger partial charge in [-0.25, -0.2) is 4.79 Å². The minimum Gasteiger partial charge on any atom is -0.335 e. The zero-order valence-corrected chi connectivity index (χ0v) is 10.2. The van der Waals surface area contributed by atoms with Crippen LogP contribution in [0.2, 0.25) is 0 Å². The Balaban J connectivity index is 1.65. The van der Waals surface area contributed by atoms with Gasteiger partial charge in [0, 0.05) is 25.2 Å². The van der Waals surface area contributed by atoms with Gasteiger partial charge in [-0.3, -0.25) is 0 Å². The molecule has 1 aliphatic carbocycles. The van der Waals surface area contributed by atoms with Crippen LogP contribution < -0.4 is 10.6 Å². The predicted molar refractivity (Wildman–Crippen MR) is 64.4 cm³/mol. The summed E-state index contributed by atoms with van der Waals surface area (Å²) in [4.78, 5) is 13.7. The van der Waals surface area contributed by atoms with Crippen molar-refractivity contribution >= 4 is 6.03 Å². The maximum absolute atomic E-state index is 11.8. The molecule has 0 unspecified atom stereocenters. The van der Waals surface area contributed by atoms with Gasteiger partial charge < -0.3 is 15.5 Å². The van der Waals surface area contributed by atoms with E-state index in [1.54, 1.807) is 0 Å². The molecule has 4 heteroatoms. The molecule has 1 heterocycles. The lowest BCUT2D eigenvalue weighted by molar-refractivity contribution is 0.176. The summed E-state index contributed by atoms with van der Waals surface area (Å²) in [5, 5.41) is 6.57. The molecular weight excluding hydrogens is 202 g/mol. The van der Waals surface area contributed by atoms with Crippen LogP contribution in [-0.4, -0.2) is 42.6 Å². The third-order valence-electron chi connectivity index (χ3n) is 3.37. The van der Waals surface area contributed by atoms with Crippen molar-refractivity contribution in [2.75, 3.05) is 19.6 Å². The third-order valence-corrected chi connectivity index (χ3v) is 3.37. The summed E-state index contributed by atoms with van der Waals surface area (Å²) in [5.41, 5.74) is 0. The van der Waals surface area contributed by atoms with Crippen LogP contribution in [0.25, 0.3) is 0 Å². The summed E-state index contributed by atoms with van der Waals surface area (Å²) in [6.45, 7) is 5.09. The quantitative estimate of drug-likeness (QED) is 0.758. The van der Waals surface area contributed by atoms with Crippen LogP contribution in [0.1, 0.15) is 39.0 Å². The number of nitrogens with zero attached hydrogens (tertiary/aromatic N) is 1. The molecule has 2 fully saturated rings. The number of hydrogen-bond acceptors (Lipinski definition) is 2. The first kappa shape index (κ1) is 11.7. The third kappa shape index (κ3) is 3.37. The molecule has 0 radical (unpaired) electrons. The number of rotatable bonds is 4. The van der Waals surface area contributed by atoms with Crippen LogP contribution in [0.4, 0.5) is 4.79 Å². The van der Waals surface area contributed by atoms with E-state index < -0.39 is 0 Å².